The molecular weight excluding hydrogens is 1060 g/mol. The Morgan fingerprint density at radius 1 is 0.795 bits per heavy atom. The number of benzene rings is 2. The van der Waals surface area contributed by atoms with E-state index >= 15 is 0 Å². The van der Waals surface area contributed by atoms with Crippen LogP contribution in [0, 0.1) is 0 Å². The predicted octanol–water partition coefficient (Wildman–Crippen LogP) is 2.15. The molecule has 9 rings (SSSR count). The summed E-state index contributed by atoms with van der Waals surface area (Å²) in [6, 6.07) is 10.6. The first-order valence-electron chi connectivity index (χ1n) is 24.3. The molecule has 26 nitrogen and oxygen atoms in total. The van der Waals surface area contributed by atoms with Crippen LogP contribution in [0.2, 0.25) is 10.0 Å². The number of hydrogen-bond acceptors (Lipinski definition) is 18. The van der Waals surface area contributed by atoms with Gasteiger partial charge in [0, 0.05) is 57.1 Å². The number of fused-ring (bicyclic) bond motifs is 2. The fourth-order valence-electron chi connectivity index (χ4n) is 9.03. The number of hydrogen-bond donors (Lipinski definition) is 3. The monoisotopic (exact) mass is 1110 g/mol. The fraction of sp³-hybridized carbons (Fsp3) is 0.340. The average molecular weight is 1110 g/mol. The second kappa shape index (κ2) is 23.7. The van der Waals surface area contributed by atoms with Gasteiger partial charge in [-0.2, -0.15) is 4.98 Å². The van der Waals surface area contributed by atoms with Gasteiger partial charge in [-0.05, 0) is 54.8 Å². The highest BCUT2D eigenvalue weighted by atomic mass is 35.5. The third-order valence-corrected chi connectivity index (χ3v) is 13.1. The molecule has 0 saturated carbocycles. The lowest BCUT2D eigenvalue weighted by molar-refractivity contribution is -0.136. The Kier molecular flexibility index (Phi) is 16.5. The first kappa shape index (κ1) is 54.2. The van der Waals surface area contributed by atoms with Crippen molar-refractivity contribution in [1.82, 2.24) is 59.9 Å². The molecule has 1 saturated heterocycles. The first-order chi connectivity index (χ1) is 37.6. The number of carbonyl (C=O) groups excluding carboxylic acids is 7. The molecule has 0 radical (unpaired) electrons. The number of amides is 7. The minimum Gasteiger partial charge on any atom is -0.484 e. The van der Waals surface area contributed by atoms with Gasteiger partial charge in [0.25, 0.3) is 35.1 Å². The van der Waals surface area contributed by atoms with Crippen LogP contribution in [-0.2, 0) is 44.0 Å². The number of aryl methyl sites for hydroxylation is 2. The summed E-state index contributed by atoms with van der Waals surface area (Å²) in [5.74, 6) is -3.41. The van der Waals surface area contributed by atoms with Crippen molar-refractivity contribution in [2.24, 2.45) is 7.05 Å². The number of pyridine rings is 1. The van der Waals surface area contributed by atoms with E-state index in [0.29, 0.717) is 34.1 Å². The maximum absolute atomic E-state index is 14.6. The smallest absolute Gasteiger partial charge is 0.319 e. The third kappa shape index (κ3) is 11.4. The van der Waals surface area contributed by atoms with Crippen LogP contribution < -0.4 is 40.6 Å². The van der Waals surface area contributed by atoms with E-state index in [1.165, 1.54) is 71.2 Å². The Hall–Kier alpha value is -8.59. The van der Waals surface area contributed by atoms with Crippen LogP contribution >= 0.6 is 23.2 Å². The molecule has 6 aromatic rings. The van der Waals surface area contributed by atoms with Gasteiger partial charge in [0.2, 0.25) is 17.7 Å². The van der Waals surface area contributed by atoms with Gasteiger partial charge in [-0.25, -0.2) is 9.97 Å². The maximum Gasteiger partial charge on any atom is 0.319 e. The number of imidazole rings is 1. The summed E-state index contributed by atoms with van der Waals surface area (Å²) < 4.78 is 32.1. The molecule has 28 heteroatoms. The van der Waals surface area contributed by atoms with E-state index in [2.05, 4.69) is 36.2 Å². The number of rotatable bonds is 23. The van der Waals surface area contributed by atoms with Crippen LogP contribution in [0.3, 0.4) is 0 Å². The summed E-state index contributed by atoms with van der Waals surface area (Å²) in [5, 5.41) is 16.5. The summed E-state index contributed by atoms with van der Waals surface area (Å²) in [5.41, 5.74) is 1.32. The van der Waals surface area contributed by atoms with Gasteiger partial charge in [-0.1, -0.05) is 40.5 Å². The molecule has 2 atom stereocenters. The van der Waals surface area contributed by atoms with Crippen molar-refractivity contribution in [3.8, 4) is 29.0 Å². The van der Waals surface area contributed by atoms with Crippen molar-refractivity contribution >= 4 is 70.2 Å². The van der Waals surface area contributed by atoms with E-state index in [0.717, 1.165) is 4.90 Å². The zero-order chi connectivity index (χ0) is 55.2. The lowest BCUT2D eigenvalue weighted by Crippen LogP contribution is -2.54. The number of ether oxygens (including phenoxy) is 5. The largest absolute Gasteiger partial charge is 0.484 e. The molecule has 7 amide bonds. The molecule has 2 aromatic carbocycles. The zero-order valence-electron chi connectivity index (χ0n) is 42.0. The molecule has 1 unspecified atom stereocenters. The van der Waals surface area contributed by atoms with E-state index in [1.807, 2.05) is 4.57 Å². The van der Waals surface area contributed by atoms with Crippen LogP contribution in [0.25, 0.3) is 11.4 Å². The van der Waals surface area contributed by atoms with E-state index in [-0.39, 0.29) is 123 Å². The normalized spacial score (nSPS) is 15.8. The molecule has 7 heterocycles. The van der Waals surface area contributed by atoms with E-state index in [1.54, 1.807) is 31.3 Å². The molecule has 0 bridgehead atoms. The highest BCUT2D eigenvalue weighted by Gasteiger charge is 2.47. The second-order valence-corrected chi connectivity index (χ2v) is 18.6. The third-order valence-electron chi connectivity index (χ3n) is 12.7. The highest BCUT2D eigenvalue weighted by molar-refractivity contribution is 6.31. The van der Waals surface area contributed by atoms with Crippen LogP contribution in [0.4, 0.5) is 5.69 Å². The molecule has 0 aliphatic carbocycles. The van der Waals surface area contributed by atoms with E-state index in [9.17, 15) is 38.4 Å². The highest BCUT2D eigenvalue weighted by Crippen LogP contribution is 2.44. The minimum absolute atomic E-state index is 0.00116. The predicted molar refractivity (Wildman–Crippen MR) is 273 cm³/mol. The molecule has 4 aromatic heterocycles. The number of methoxy groups -OCH3 is 2. The van der Waals surface area contributed by atoms with Crippen molar-refractivity contribution < 1.29 is 57.2 Å². The Morgan fingerprint density at radius 2 is 1.54 bits per heavy atom. The summed E-state index contributed by atoms with van der Waals surface area (Å²) in [6.07, 6.45) is 4.86. The molecule has 3 aliphatic heterocycles. The van der Waals surface area contributed by atoms with Crippen molar-refractivity contribution in [1.29, 1.82) is 0 Å². The number of piperidine rings is 1. The summed E-state index contributed by atoms with van der Waals surface area (Å²) >= 11 is 12.8. The van der Waals surface area contributed by atoms with Gasteiger partial charge in [0.15, 0.2) is 18.0 Å². The minimum atomic E-state index is -1.10. The Morgan fingerprint density at radius 3 is 2.27 bits per heavy atom. The fourth-order valence-corrected chi connectivity index (χ4v) is 9.40. The van der Waals surface area contributed by atoms with Gasteiger partial charge >= 0.3 is 6.01 Å². The van der Waals surface area contributed by atoms with Crippen LogP contribution in [0.15, 0.2) is 71.9 Å². The van der Waals surface area contributed by atoms with Crippen LogP contribution in [-0.4, -0.2) is 152 Å². The zero-order valence-corrected chi connectivity index (χ0v) is 43.5. The van der Waals surface area contributed by atoms with Crippen LogP contribution in [0.5, 0.6) is 17.6 Å². The summed E-state index contributed by atoms with van der Waals surface area (Å²) in [4.78, 5) is 119. The van der Waals surface area contributed by atoms with Crippen molar-refractivity contribution in [2.45, 2.75) is 44.4 Å². The first-order valence-corrected chi connectivity index (χ1v) is 25.0. The van der Waals surface area contributed by atoms with Gasteiger partial charge in [0.1, 0.15) is 29.3 Å². The van der Waals surface area contributed by atoms with Gasteiger partial charge in [0.05, 0.1) is 74.3 Å². The maximum atomic E-state index is 14.6. The molecule has 3 N–H and O–H groups in total. The Bertz CT molecular complexity index is 3400. The molecular formula is C50H49Cl2N13O13. The molecule has 3 aliphatic rings. The van der Waals surface area contributed by atoms with Crippen molar-refractivity contribution in [2.75, 3.05) is 65.2 Å². The summed E-state index contributed by atoms with van der Waals surface area (Å²) in [6.45, 7) is 1.20. The lowest BCUT2D eigenvalue weighted by Gasteiger charge is -2.27. The molecule has 1 fully saturated rings. The topological polar surface area (TPSA) is 305 Å². The number of imide groups is 2. The second-order valence-electron chi connectivity index (χ2n) is 17.7. The molecule has 406 valence electrons. The van der Waals surface area contributed by atoms with Crippen molar-refractivity contribution in [3.63, 3.8) is 0 Å². The number of anilines is 1. The lowest BCUT2D eigenvalue weighted by atomic mass is 10.0. The average Bonchev–Trinajstić information content (AvgIpc) is 4.34. The van der Waals surface area contributed by atoms with Gasteiger partial charge < -0.3 is 43.5 Å². The number of nitrogens with zero attached hydrogens (tertiary/aromatic N) is 10. The Balaban J connectivity index is 0.734. The standard InChI is InChI=1S/C50H49Cl2N13O13/c1-61-24-29(52)21-36(48(61)72)64-40(27-5-7-28(51)8-6-27)41-39(49(64)73)57-42(33-23-55-50(75-3)58-45(33)74-2)63(41)16-4-15-62-25-34(59-60-62)43(68)54-14-18-77-20-19-76-17-13-53-38(67)26-78-30-9-10-31-32(22-30)47(71)65(46(31)70)35-11-12-37(66)56-44(35)69/h5-10,21-25,35,40H,4,11-20,26H2,1-3H3,(H,53,67)(H,54,68)(H,56,66,69)/t35?,40-/m1/s1. The number of aromatic nitrogens is 8. The Labute approximate surface area is 452 Å². The number of halogens is 2. The van der Waals surface area contributed by atoms with Crippen molar-refractivity contribution in [3.05, 3.63) is 121 Å². The SMILES string of the molecule is COc1ncc(-c2nc3c(n2CCCn2cc(C(=O)NCCOCCOCCNC(=O)COc4ccc5c(c4)C(=O)N(C4CCC(=O)NC4=O)C5=O)nn2)[C@@H](c2ccc(Cl)cc2)N(c2cc(Cl)cn(C)c2=O)C3=O)c(OC)n1. The summed E-state index contributed by atoms with van der Waals surface area (Å²) in [7, 11) is 4.39. The van der Waals surface area contributed by atoms with Gasteiger partial charge in [-0.3, -0.25) is 58.2 Å². The van der Waals surface area contributed by atoms with Crippen LogP contribution in [0.1, 0.15) is 78.3 Å². The molecule has 78 heavy (non-hydrogen) atoms. The quantitative estimate of drug-likeness (QED) is 0.0612. The van der Waals surface area contributed by atoms with Gasteiger partial charge in [-0.15, -0.1) is 5.10 Å². The van der Waals surface area contributed by atoms with E-state index < -0.39 is 59.0 Å². The molecule has 0 spiro atoms. The number of nitrogens with one attached hydrogen (secondary N) is 3. The number of carbonyl (C=O) groups is 7. The van der Waals surface area contributed by atoms with E-state index in [4.69, 9.17) is 51.9 Å².